The van der Waals surface area contributed by atoms with Crippen LogP contribution in [-0.4, -0.2) is 28.1 Å². The van der Waals surface area contributed by atoms with Gasteiger partial charge in [0.05, 0.1) is 6.10 Å². The summed E-state index contributed by atoms with van der Waals surface area (Å²) >= 11 is 0. The van der Waals surface area contributed by atoms with Gasteiger partial charge in [0.2, 0.25) is 0 Å². The van der Waals surface area contributed by atoms with Crippen molar-refractivity contribution in [2.45, 2.75) is 91.1 Å². The molecule has 0 aromatic heterocycles. The lowest BCUT2D eigenvalue weighted by Gasteiger charge is -2.60. The molecule has 4 rings (SSSR count). The molecule has 0 saturated heterocycles. The zero-order valence-electron chi connectivity index (χ0n) is 17.8. The van der Waals surface area contributed by atoms with E-state index in [1.54, 1.807) is 0 Å². The molecule has 4 fully saturated rings. The van der Waals surface area contributed by atoms with Crippen LogP contribution in [0.4, 0.5) is 0 Å². The molecule has 0 spiro atoms. The maximum atomic E-state index is 13.6. The van der Waals surface area contributed by atoms with Crippen LogP contribution < -0.4 is 0 Å². The van der Waals surface area contributed by atoms with Crippen LogP contribution in [-0.2, 0) is 9.59 Å². The van der Waals surface area contributed by atoms with Crippen LogP contribution in [0, 0.1) is 46.3 Å². The first-order valence-electron chi connectivity index (χ1n) is 11.6. The molecule has 28 heavy (non-hydrogen) atoms. The maximum Gasteiger partial charge on any atom is 0.303 e. The first kappa shape index (κ1) is 20.4. The summed E-state index contributed by atoms with van der Waals surface area (Å²) in [5.41, 5.74) is -0.0391. The molecule has 0 radical (unpaired) electrons. The Morgan fingerprint density at radius 1 is 1.14 bits per heavy atom. The number of hydrogen-bond acceptors (Lipinski definition) is 3. The average Bonchev–Trinajstić information content (AvgIpc) is 3.00. The molecule has 4 aliphatic carbocycles. The third-order valence-corrected chi connectivity index (χ3v) is 10.1. The molecule has 0 aromatic carbocycles. The van der Waals surface area contributed by atoms with E-state index in [2.05, 4.69) is 20.8 Å². The number of aliphatic hydroxyl groups is 1. The molecular weight excluding hydrogens is 352 g/mol. The minimum Gasteiger partial charge on any atom is -0.481 e. The molecule has 1 unspecified atom stereocenters. The van der Waals surface area contributed by atoms with E-state index >= 15 is 0 Å². The molecule has 4 aliphatic rings. The Hall–Kier alpha value is -0.900. The van der Waals surface area contributed by atoms with Crippen LogP contribution in [0.1, 0.15) is 85.0 Å². The number of Topliss-reactive ketones (excluding diaryl/α,β-unsaturated/α-hetero) is 1. The smallest absolute Gasteiger partial charge is 0.303 e. The molecular formula is C24H38O4. The van der Waals surface area contributed by atoms with Crippen molar-refractivity contribution in [1.29, 1.82) is 0 Å². The Morgan fingerprint density at radius 2 is 1.89 bits per heavy atom. The number of aliphatic hydroxyl groups excluding tert-OH is 1. The van der Waals surface area contributed by atoms with E-state index in [1.807, 2.05) is 0 Å². The summed E-state index contributed by atoms with van der Waals surface area (Å²) in [5.74, 6) is 2.52. The van der Waals surface area contributed by atoms with Gasteiger partial charge >= 0.3 is 5.97 Å². The molecule has 9 atom stereocenters. The highest BCUT2D eigenvalue weighted by molar-refractivity contribution is 5.87. The van der Waals surface area contributed by atoms with E-state index in [1.165, 1.54) is 12.8 Å². The first-order valence-corrected chi connectivity index (χ1v) is 11.6. The largest absolute Gasteiger partial charge is 0.481 e. The van der Waals surface area contributed by atoms with E-state index in [0.29, 0.717) is 54.1 Å². The SMILES string of the molecule is C[C@H](CCC(=O)O)[C@H]1CC[C@H]2[C@@H]3CC[C@@H]4C[C@H](O)CCC4(C)[C@H]3CC(=O)[C@]12C. The second-order valence-corrected chi connectivity index (χ2v) is 11.1. The molecule has 0 bridgehead atoms. The number of carbonyl (C=O) groups excluding carboxylic acids is 1. The van der Waals surface area contributed by atoms with Crippen molar-refractivity contribution in [2.75, 3.05) is 0 Å². The Labute approximate surface area is 169 Å². The van der Waals surface area contributed by atoms with E-state index < -0.39 is 5.97 Å². The number of ketones is 1. The van der Waals surface area contributed by atoms with Gasteiger partial charge < -0.3 is 10.2 Å². The molecule has 0 aliphatic heterocycles. The number of aliphatic carboxylic acids is 1. The average molecular weight is 391 g/mol. The van der Waals surface area contributed by atoms with Gasteiger partial charge in [-0.1, -0.05) is 20.8 Å². The van der Waals surface area contributed by atoms with Gasteiger partial charge in [-0.2, -0.15) is 0 Å². The lowest BCUT2D eigenvalue weighted by atomic mass is 9.44. The summed E-state index contributed by atoms with van der Waals surface area (Å²) in [6.45, 7) is 6.81. The van der Waals surface area contributed by atoms with Crippen molar-refractivity contribution in [1.82, 2.24) is 0 Å². The molecule has 4 saturated carbocycles. The zero-order chi connectivity index (χ0) is 20.3. The second kappa shape index (κ2) is 7.11. The Kier molecular flexibility index (Phi) is 5.17. The van der Waals surface area contributed by atoms with Gasteiger partial charge in [-0.15, -0.1) is 0 Å². The highest BCUT2D eigenvalue weighted by atomic mass is 16.4. The van der Waals surface area contributed by atoms with Gasteiger partial charge in [0.25, 0.3) is 0 Å². The van der Waals surface area contributed by atoms with Crippen LogP contribution in [0.25, 0.3) is 0 Å². The second-order valence-electron chi connectivity index (χ2n) is 11.1. The van der Waals surface area contributed by atoms with Crippen molar-refractivity contribution in [2.24, 2.45) is 46.3 Å². The van der Waals surface area contributed by atoms with Crippen LogP contribution in [0.3, 0.4) is 0 Å². The van der Waals surface area contributed by atoms with Crippen molar-refractivity contribution in [3.05, 3.63) is 0 Å². The minimum absolute atomic E-state index is 0.148. The van der Waals surface area contributed by atoms with Crippen LogP contribution in [0.15, 0.2) is 0 Å². The molecule has 0 heterocycles. The lowest BCUT2D eigenvalue weighted by Crippen LogP contribution is -2.57. The van der Waals surface area contributed by atoms with Gasteiger partial charge in [0, 0.05) is 18.3 Å². The number of rotatable bonds is 4. The quantitative estimate of drug-likeness (QED) is 0.730. The van der Waals surface area contributed by atoms with Gasteiger partial charge in [-0.3, -0.25) is 9.59 Å². The number of fused-ring (bicyclic) bond motifs is 5. The van der Waals surface area contributed by atoms with Crippen molar-refractivity contribution in [3.63, 3.8) is 0 Å². The monoisotopic (exact) mass is 390 g/mol. The van der Waals surface area contributed by atoms with E-state index in [9.17, 15) is 14.7 Å². The number of carboxylic acids is 1. The fourth-order valence-corrected chi connectivity index (χ4v) is 8.44. The van der Waals surface area contributed by atoms with Crippen LogP contribution in [0.5, 0.6) is 0 Å². The predicted molar refractivity (Wildman–Crippen MR) is 108 cm³/mol. The van der Waals surface area contributed by atoms with Crippen molar-refractivity contribution in [3.8, 4) is 0 Å². The van der Waals surface area contributed by atoms with Gasteiger partial charge in [-0.05, 0) is 92.3 Å². The summed E-state index contributed by atoms with van der Waals surface area (Å²) in [7, 11) is 0. The lowest BCUT2D eigenvalue weighted by molar-refractivity contribution is -0.160. The number of carbonyl (C=O) groups is 2. The number of carboxylic acid groups (broad SMARTS) is 1. The molecule has 4 nitrogen and oxygen atoms in total. The van der Waals surface area contributed by atoms with Crippen LogP contribution >= 0.6 is 0 Å². The summed E-state index contributed by atoms with van der Waals surface area (Å²) < 4.78 is 0. The normalized spacial score (nSPS) is 49.1. The molecule has 4 heteroatoms. The maximum absolute atomic E-state index is 13.6. The van der Waals surface area contributed by atoms with Gasteiger partial charge in [-0.25, -0.2) is 0 Å². The van der Waals surface area contributed by atoms with Gasteiger partial charge in [0.15, 0.2) is 0 Å². The van der Waals surface area contributed by atoms with Crippen molar-refractivity contribution < 1.29 is 19.8 Å². The fraction of sp³-hybridized carbons (Fsp3) is 0.917. The highest BCUT2D eigenvalue weighted by Crippen LogP contribution is 2.67. The minimum atomic E-state index is -0.729. The molecule has 0 amide bonds. The summed E-state index contributed by atoms with van der Waals surface area (Å²) in [4.78, 5) is 24.7. The Balaban J connectivity index is 1.57. The summed E-state index contributed by atoms with van der Waals surface area (Å²) in [6, 6.07) is 0. The van der Waals surface area contributed by atoms with Gasteiger partial charge in [0.1, 0.15) is 5.78 Å². The van der Waals surface area contributed by atoms with Crippen molar-refractivity contribution >= 4 is 11.8 Å². The van der Waals surface area contributed by atoms with Crippen LogP contribution in [0.2, 0.25) is 0 Å². The van der Waals surface area contributed by atoms with E-state index in [4.69, 9.17) is 5.11 Å². The zero-order valence-corrected chi connectivity index (χ0v) is 17.8. The molecule has 0 aromatic rings. The predicted octanol–water partition coefficient (Wildman–Crippen LogP) is 4.69. The molecule has 158 valence electrons. The van der Waals surface area contributed by atoms with E-state index in [-0.39, 0.29) is 23.4 Å². The topological polar surface area (TPSA) is 74.6 Å². The third-order valence-electron chi connectivity index (χ3n) is 10.1. The van der Waals surface area contributed by atoms with E-state index in [0.717, 1.165) is 32.1 Å². The first-order chi connectivity index (χ1) is 13.2. The Morgan fingerprint density at radius 3 is 2.61 bits per heavy atom. The standard InChI is InChI=1S/C24H38O4/c1-14(4-9-22(27)28)18-7-8-19-17-6-5-15-12-16(25)10-11-23(15,2)20(17)13-21(26)24(18,19)3/h14-20,25H,4-13H2,1-3H3,(H,27,28)/t14-,15-,16-,17+,18-,19+,20+,23?,24-/m1/s1. The number of hydrogen-bond donors (Lipinski definition) is 2. The third kappa shape index (κ3) is 2.97. The highest BCUT2D eigenvalue weighted by Gasteiger charge is 2.63. The summed E-state index contributed by atoms with van der Waals surface area (Å²) in [5, 5.41) is 19.3. The Bertz CT molecular complexity index is 645. The molecule has 2 N–H and O–H groups in total. The summed E-state index contributed by atoms with van der Waals surface area (Å²) in [6.07, 6.45) is 8.96. The fourth-order valence-electron chi connectivity index (χ4n) is 8.44.